The summed E-state index contributed by atoms with van der Waals surface area (Å²) in [5, 5.41) is 8.44. The number of esters is 1. The van der Waals surface area contributed by atoms with E-state index in [1.807, 2.05) is 0 Å². The Balaban J connectivity index is 3.91. The van der Waals surface area contributed by atoms with Gasteiger partial charge in [-0.25, -0.2) is 4.79 Å². The van der Waals surface area contributed by atoms with Crippen molar-refractivity contribution in [1.29, 1.82) is 0 Å². The highest BCUT2D eigenvalue weighted by Crippen LogP contribution is 2.11. The Morgan fingerprint density at radius 3 is 2.70 bits per heavy atom. The molecule has 0 radical (unpaired) electrons. The average Bonchev–Trinajstić information content (AvgIpc) is 1.91. The molecule has 4 heteroatoms. The quantitative estimate of drug-likeness (QED) is 0.386. The second-order valence-corrected chi connectivity index (χ2v) is 2.27. The lowest BCUT2D eigenvalue weighted by molar-refractivity contribution is -0.137. The van der Waals surface area contributed by atoms with Crippen LogP contribution in [-0.4, -0.2) is 23.9 Å². The molecule has 0 saturated heterocycles. The number of hydrogen-bond donors (Lipinski definition) is 1. The van der Waals surface area contributed by atoms with Gasteiger partial charge in [0.1, 0.15) is 11.2 Å². The second-order valence-electron chi connectivity index (χ2n) is 1.42. The van der Waals surface area contributed by atoms with Crippen LogP contribution in [-0.2, 0) is 9.53 Å². The van der Waals surface area contributed by atoms with E-state index in [9.17, 15) is 4.79 Å². The van der Waals surface area contributed by atoms with E-state index >= 15 is 0 Å². The van der Waals surface area contributed by atoms with E-state index in [0.717, 1.165) is 18.0 Å². The molecule has 0 aromatic heterocycles. The Bertz CT molecular complexity index is 142. The first-order chi connectivity index (χ1) is 4.76. The van der Waals surface area contributed by atoms with Gasteiger partial charge in [-0.15, -0.1) is 11.8 Å². The molecule has 58 valence electrons. The van der Waals surface area contributed by atoms with Gasteiger partial charge in [-0.3, -0.25) is 0 Å². The molecule has 10 heavy (non-hydrogen) atoms. The fourth-order valence-corrected chi connectivity index (χ4v) is 0.722. The molecule has 3 nitrogen and oxygen atoms in total. The molecule has 1 N–H and O–H groups in total. The zero-order valence-corrected chi connectivity index (χ0v) is 6.77. The standard InChI is InChI=1S/C6H10O3S/c1-3-9-6(8)5(4-7)10-2/h4,7H,3H2,1-2H3. The fourth-order valence-electron chi connectivity index (χ4n) is 0.391. The highest BCUT2D eigenvalue weighted by molar-refractivity contribution is 8.03. The van der Waals surface area contributed by atoms with E-state index in [-0.39, 0.29) is 4.91 Å². The lowest BCUT2D eigenvalue weighted by Crippen LogP contribution is -2.04. The summed E-state index contributed by atoms with van der Waals surface area (Å²) in [4.78, 5) is 11.0. The van der Waals surface area contributed by atoms with Crippen molar-refractivity contribution in [3.8, 4) is 0 Å². The largest absolute Gasteiger partial charge is 0.514 e. The Labute approximate surface area is 64.1 Å². The van der Waals surface area contributed by atoms with Gasteiger partial charge in [0, 0.05) is 0 Å². The molecule has 0 spiro atoms. The van der Waals surface area contributed by atoms with Gasteiger partial charge < -0.3 is 9.84 Å². The molecule has 0 saturated carbocycles. The van der Waals surface area contributed by atoms with E-state index in [1.54, 1.807) is 13.2 Å². The van der Waals surface area contributed by atoms with Crippen molar-refractivity contribution >= 4 is 17.7 Å². The SMILES string of the molecule is CCOC(=O)C(=CO)SC. The van der Waals surface area contributed by atoms with Crippen molar-refractivity contribution in [2.45, 2.75) is 6.92 Å². The monoisotopic (exact) mass is 162 g/mol. The predicted molar refractivity (Wildman–Crippen MR) is 40.9 cm³/mol. The molecule has 0 bridgehead atoms. The topological polar surface area (TPSA) is 46.5 Å². The molecular weight excluding hydrogens is 152 g/mol. The first-order valence-corrected chi connectivity index (χ1v) is 4.04. The van der Waals surface area contributed by atoms with Gasteiger partial charge >= 0.3 is 5.97 Å². The van der Waals surface area contributed by atoms with Gasteiger partial charge in [-0.05, 0) is 13.2 Å². The summed E-state index contributed by atoms with van der Waals surface area (Å²) in [5.74, 6) is -0.475. The van der Waals surface area contributed by atoms with Crippen LogP contribution in [0.1, 0.15) is 6.92 Å². The Morgan fingerprint density at radius 1 is 1.80 bits per heavy atom. The van der Waals surface area contributed by atoms with Crippen LogP contribution in [0.3, 0.4) is 0 Å². The van der Waals surface area contributed by atoms with Crippen LogP contribution >= 0.6 is 11.8 Å². The minimum Gasteiger partial charge on any atom is -0.514 e. The summed E-state index contributed by atoms with van der Waals surface area (Å²) in [6.07, 6.45) is 2.45. The van der Waals surface area contributed by atoms with Crippen molar-refractivity contribution < 1.29 is 14.6 Å². The number of carbonyl (C=O) groups is 1. The summed E-state index contributed by atoms with van der Waals surface area (Å²) in [7, 11) is 0. The summed E-state index contributed by atoms with van der Waals surface area (Å²) in [6, 6.07) is 0. The van der Waals surface area contributed by atoms with Crippen molar-refractivity contribution in [3.05, 3.63) is 11.2 Å². The summed E-state index contributed by atoms with van der Waals surface area (Å²) in [5.41, 5.74) is 0. The average molecular weight is 162 g/mol. The number of aliphatic hydroxyl groups is 1. The Morgan fingerprint density at radius 2 is 2.40 bits per heavy atom. The molecular formula is C6H10O3S. The molecule has 0 atom stereocenters. The van der Waals surface area contributed by atoms with Gasteiger partial charge in [-0.2, -0.15) is 0 Å². The van der Waals surface area contributed by atoms with E-state index in [1.165, 1.54) is 0 Å². The maximum Gasteiger partial charge on any atom is 0.347 e. The molecule has 0 aliphatic heterocycles. The van der Waals surface area contributed by atoms with E-state index in [0.29, 0.717) is 6.61 Å². The highest BCUT2D eigenvalue weighted by Gasteiger charge is 2.07. The number of hydrogen-bond acceptors (Lipinski definition) is 4. The van der Waals surface area contributed by atoms with Crippen molar-refractivity contribution in [2.24, 2.45) is 0 Å². The third-order valence-electron chi connectivity index (χ3n) is 0.814. The van der Waals surface area contributed by atoms with Crippen LogP contribution in [0, 0.1) is 0 Å². The Kier molecular flexibility index (Phi) is 4.84. The van der Waals surface area contributed by atoms with E-state index < -0.39 is 5.97 Å². The zero-order chi connectivity index (χ0) is 7.98. The number of ether oxygens (including phenoxy) is 1. The van der Waals surface area contributed by atoms with Crippen LogP contribution in [0.15, 0.2) is 11.2 Å². The van der Waals surface area contributed by atoms with Crippen LogP contribution in [0.25, 0.3) is 0 Å². The molecule has 0 heterocycles. The van der Waals surface area contributed by atoms with Crippen LogP contribution in [0.2, 0.25) is 0 Å². The maximum absolute atomic E-state index is 10.7. The zero-order valence-electron chi connectivity index (χ0n) is 5.96. The number of aliphatic hydroxyl groups excluding tert-OH is 1. The third kappa shape index (κ3) is 2.77. The first kappa shape index (κ1) is 9.36. The minimum absolute atomic E-state index is 0.224. The molecule has 0 rings (SSSR count). The van der Waals surface area contributed by atoms with Crippen molar-refractivity contribution in [3.63, 3.8) is 0 Å². The third-order valence-corrected chi connectivity index (χ3v) is 1.53. The number of thioether (sulfide) groups is 1. The van der Waals surface area contributed by atoms with Gasteiger partial charge in [0.05, 0.1) is 6.61 Å². The number of rotatable bonds is 3. The fraction of sp³-hybridized carbons (Fsp3) is 0.500. The molecule has 0 amide bonds. The van der Waals surface area contributed by atoms with E-state index in [2.05, 4.69) is 4.74 Å². The maximum atomic E-state index is 10.7. The molecule has 0 aromatic carbocycles. The molecule has 0 unspecified atom stereocenters. The van der Waals surface area contributed by atoms with Gasteiger partial charge in [-0.1, -0.05) is 0 Å². The second kappa shape index (κ2) is 5.17. The lowest BCUT2D eigenvalue weighted by Gasteiger charge is -2.00. The summed E-state index contributed by atoms with van der Waals surface area (Å²) >= 11 is 1.15. The van der Waals surface area contributed by atoms with Gasteiger partial charge in [0.15, 0.2) is 0 Å². The summed E-state index contributed by atoms with van der Waals surface area (Å²) < 4.78 is 4.60. The van der Waals surface area contributed by atoms with Crippen LogP contribution in [0.4, 0.5) is 0 Å². The van der Waals surface area contributed by atoms with Crippen molar-refractivity contribution in [1.82, 2.24) is 0 Å². The number of carbonyl (C=O) groups excluding carboxylic acids is 1. The Hall–Kier alpha value is -0.640. The molecule has 0 fully saturated rings. The molecule has 0 aliphatic carbocycles. The molecule has 0 aromatic rings. The van der Waals surface area contributed by atoms with Gasteiger partial charge in [0.2, 0.25) is 0 Å². The minimum atomic E-state index is -0.475. The van der Waals surface area contributed by atoms with Crippen LogP contribution in [0.5, 0.6) is 0 Å². The van der Waals surface area contributed by atoms with Crippen LogP contribution < -0.4 is 0 Å². The lowest BCUT2D eigenvalue weighted by atomic mass is 10.6. The smallest absolute Gasteiger partial charge is 0.347 e. The molecule has 0 aliphatic rings. The highest BCUT2D eigenvalue weighted by atomic mass is 32.2. The van der Waals surface area contributed by atoms with E-state index in [4.69, 9.17) is 5.11 Å². The summed E-state index contributed by atoms with van der Waals surface area (Å²) in [6.45, 7) is 2.05. The van der Waals surface area contributed by atoms with Crippen molar-refractivity contribution in [2.75, 3.05) is 12.9 Å². The first-order valence-electron chi connectivity index (χ1n) is 2.81. The normalized spacial score (nSPS) is 11.2. The predicted octanol–water partition coefficient (Wildman–Crippen LogP) is 1.31. The van der Waals surface area contributed by atoms with Gasteiger partial charge in [0.25, 0.3) is 0 Å².